The fraction of sp³-hybridized carbons (Fsp3) is 0.389. The molecule has 0 unspecified atom stereocenters. The van der Waals surface area contributed by atoms with Crippen LogP contribution in [0.4, 0.5) is 39.5 Å². The molecule has 4 rings (SSSR count). The fourth-order valence-electron chi connectivity index (χ4n) is 3.73. The van der Waals surface area contributed by atoms with E-state index in [4.69, 9.17) is 4.74 Å². The predicted octanol–water partition coefficient (Wildman–Crippen LogP) is 5.12. The van der Waals surface area contributed by atoms with Crippen LogP contribution in [0.2, 0.25) is 0 Å². The van der Waals surface area contributed by atoms with Crippen molar-refractivity contribution in [2.45, 2.75) is 30.9 Å². The van der Waals surface area contributed by atoms with Crippen LogP contribution in [0.5, 0.6) is 5.75 Å². The van der Waals surface area contributed by atoms with Crippen molar-refractivity contribution in [1.82, 2.24) is 4.90 Å². The van der Waals surface area contributed by atoms with Crippen LogP contribution < -0.4 is 4.74 Å². The van der Waals surface area contributed by atoms with Crippen molar-refractivity contribution >= 4 is 5.84 Å². The van der Waals surface area contributed by atoms with Crippen LogP contribution in [0.3, 0.4) is 0 Å². The van der Waals surface area contributed by atoms with Gasteiger partial charge in [0.2, 0.25) is 0 Å². The first-order chi connectivity index (χ1) is 14.3. The molecule has 168 valence electrons. The lowest BCUT2D eigenvalue weighted by molar-refractivity contribution is -0.140. The van der Waals surface area contributed by atoms with E-state index in [2.05, 4.69) is 9.73 Å². The standard InChI is InChI=1S/C18H11F9N2O2/c19-12-9(18(25,26)27)1-2-10-13(12)30-4-3-16(10)7-29-6-8(17(22,23)24)5-11(14(29)28-16)31-15(20)21/h1-2,5-6,15H,3-4,7H2/t16-/m1/s1. The molecule has 1 aromatic carbocycles. The topological polar surface area (TPSA) is 34.1 Å². The smallest absolute Gasteiger partial charge is 0.419 e. The SMILES string of the molecule is Fc1c(C(F)(F)F)ccc2c1OCC[C@@]21CN2C=C(C(F)(F)F)C=C(OC(F)F)C2=N1. The Labute approximate surface area is 168 Å². The molecule has 0 aliphatic carbocycles. The molecule has 1 atom stereocenters. The zero-order chi connectivity index (χ0) is 22.8. The number of aliphatic imine (C=N–C) groups is 1. The number of rotatable bonds is 2. The van der Waals surface area contributed by atoms with Gasteiger partial charge in [0, 0.05) is 18.2 Å². The van der Waals surface area contributed by atoms with E-state index in [1.807, 2.05) is 0 Å². The van der Waals surface area contributed by atoms with E-state index in [1.54, 1.807) is 0 Å². The summed E-state index contributed by atoms with van der Waals surface area (Å²) in [5.41, 5.74) is -4.52. The minimum absolute atomic E-state index is 0.0397. The Balaban J connectivity index is 1.82. The Morgan fingerprint density at radius 2 is 1.81 bits per heavy atom. The molecule has 0 amide bonds. The van der Waals surface area contributed by atoms with Gasteiger partial charge in [-0.15, -0.1) is 0 Å². The number of halogens is 9. The number of ether oxygens (including phenoxy) is 2. The summed E-state index contributed by atoms with van der Waals surface area (Å²) in [6.07, 6.45) is -8.95. The summed E-state index contributed by atoms with van der Waals surface area (Å²) >= 11 is 0. The monoisotopic (exact) mass is 458 g/mol. The maximum absolute atomic E-state index is 14.5. The molecule has 3 heterocycles. The van der Waals surface area contributed by atoms with Crippen molar-refractivity contribution < 1.29 is 49.0 Å². The first-order valence-corrected chi connectivity index (χ1v) is 8.67. The van der Waals surface area contributed by atoms with Gasteiger partial charge in [0.1, 0.15) is 5.54 Å². The summed E-state index contributed by atoms with van der Waals surface area (Å²) in [6.45, 7) is -4.11. The highest BCUT2D eigenvalue weighted by Gasteiger charge is 2.50. The molecule has 0 saturated carbocycles. The number of fused-ring (bicyclic) bond motifs is 3. The number of benzene rings is 1. The number of amidine groups is 1. The lowest BCUT2D eigenvalue weighted by atomic mass is 9.84. The number of hydrogen-bond acceptors (Lipinski definition) is 4. The van der Waals surface area contributed by atoms with Crippen LogP contribution in [0.1, 0.15) is 17.5 Å². The molecular weight excluding hydrogens is 447 g/mol. The molecule has 0 radical (unpaired) electrons. The molecule has 13 heteroatoms. The van der Waals surface area contributed by atoms with Crippen LogP contribution in [0.15, 0.2) is 40.7 Å². The molecule has 0 aromatic heterocycles. The van der Waals surface area contributed by atoms with Gasteiger partial charge in [-0.1, -0.05) is 6.07 Å². The average molecular weight is 458 g/mol. The molecule has 1 aromatic rings. The van der Waals surface area contributed by atoms with E-state index >= 15 is 0 Å². The lowest BCUT2D eigenvalue weighted by Gasteiger charge is -2.34. The Morgan fingerprint density at radius 3 is 2.42 bits per heavy atom. The maximum Gasteiger partial charge on any atom is 0.419 e. The van der Waals surface area contributed by atoms with Crippen LogP contribution in [-0.2, 0) is 16.5 Å². The van der Waals surface area contributed by atoms with E-state index in [0.717, 1.165) is 11.0 Å². The third-order valence-electron chi connectivity index (χ3n) is 5.04. The van der Waals surface area contributed by atoms with E-state index in [9.17, 15) is 39.5 Å². The van der Waals surface area contributed by atoms with Gasteiger partial charge in [-0.2, -0.15) is 35.1 Å². The second kappa shape index (κ2) is 6.82. The summed E-state index contributed by atoms with van der Waals surface area (Å²) in [6, 6.07) is 1.40. The quantitative estimate of drug-likeness (QED) is 0.578. The van der Waals surface area contributed by atoms with Crippen molar-refractivity contribution in [2.24, 2.45) is 4.99 Å². The number of allylic oxidation sites excluding steroid dienone is 2. The van der Waals surface area contributed by atoms with Gasteiger partial charge in [0.25, 0.3) is 0 Å². The molecule has 0 fully saturated rings. The van der Waals surface area contributed by atoms with E-state index < -0.39 is 53.0 Å². The molecule has 0 N–H and O–H groups in total. The predicted molar refractivity (Wildman–Crippen MR) is 86.6 cm³/mol. The average Bonchev–Trinajstić information content (AvgIpc) is 2.99. The minimum Gasteiger partial charge on any atom is -0.490 e. The Kier molecular flexibility index (Phi) is 4.70. The first kappa shape index (κ1) is 21.4. The first-order valence-electron chi connectivity index (χ1n) is 8.67. The summed E-state index contributed by atoms with van der Waals surface area (Å²) in [4.78, 5) is 5.11. The van der Waals surface area contributed by atoms with Crippen LogP contribution >= 0.6 is 0 Å². The highest BCUT2D eigenvalue weighted by atomic mass is 19.4. The minimum atomic E-state index is -5.00. The van der Waals surface area contributed by atoms with Crippen molar-refractivity contribution in [3.8, 4) is 5.75 Å². The zero-order valence-corrected chi connectivity index (χ0v) is 15.1. The largest absolute Gasteiger partial charge is 0.490 e. The van der Waals surface area contributed by atoms with Gasteiger partial charge in [-0.3, -0.25) is 4.99 Å². The highest BCUT2D eigenvalue weighted by Crippen LogP contribution is 2.49. The fourth-order valence-corrected chi connectivity index (χ4v) is 3.73. The van der Waals surface area contributed by atoms with Gasteiger partial charge < -0.3 is 14.4 Å². The third-order valence-corrected chi connectivity index (χ3v) is 5.04. The Hall–Kier alpha value is -2.86. The van der Waals surface area contributed by atoms with E-state index in [1.165, 1.54) is 0 Å². The van der Waals surface area contributed by atoms with Crippen LogP contribution in [-0.4, -0.2) is 36.7 Å². The third kappa shape index (κ3) is 3.59. The molecule has 3 aliphatic rings. The summed E-state index contributed by atoms with van der Waals surface area (Å²) in [7, 11) is 0. The second-order valence-electron chi connectivity index (χ2n) is 6.96. The van der Waals surface area contributed by atoms with Crippen LogP contribution in [0.25, 0.3) is 0 Å². The summed E-state index contributed by atoms with van der Waals surface area (Å²) in [5.74, 6) is -3.64. The van der Waals surface area contributed by atoms with E-state index in [-0.39, 0.29) is 31.0 Å². The van der Waals surface area contributed by atoms with Gasteiger partial charge in [0.05, 0.1) is 24.3 Å². The van der Waals surface area contributed by atoms with Crippen molar-refractivity contribution in [2.75, 3.05) is 13.2 Å². The number of hydrogen-bond donors (Lipinski definition) is 0. The second-order valence-corrected chi connectivity index (χ2v) is 6.96. The molecule has 1 spiro atoms. The molecule has 0 bridgehead atoms. The highest BCUT2D eigenvalue weighted by molar-refractivity contribution is 6.00. The molecule has 3 aliphatic heterocycles. The van der Waals surface area contributed by atoms with E-state index in [0.29, 0.717) is 18.3 Å². The Morgan fingerprint density at radius 1 is 1.10 bits per heavy atom. The number of nitrogens with zero attached hydrogens (tertiary/aromatic N) is 2. The van der Waals surface area contributed by atoms with Crippen molar-refractivity contribution in [3.05, 3.63) is 52.7 Å². The molecule has 4 nitrogen and oxygen atoms in total. The van der Waals surface area contributed by atoms with Gasteiger partial charge in [-0.25, -0.2) is 4.39 Å². The molecule has 31 heavy (non-hydrogen) atoms. The van der Waals surface area contributed by atoms with Gasteiger partial charge in [-0.05, 0) is 12.1 Å². The summed E-state index contributed by atoms with van der Waals surface area (Å²) < 4.78 is 128. The Bertz CT molecular complexity index is 1010. The van der Waals surface area contributed by atoms with Crippen LogP contribution in [0, 0.1) is 5.82 Å². The molecule has 0 saturated heterocycles. The zero-order valence-electron chi connectivity index (χ0n) is 15.1. The van der Waals surface area contributed by atoms with Gasteiger partial charge >= 0.3 is 19.0 Å². The van der Waals surface area contributed by atoms with Gasteiger partial charge in [0.15, 0.2) is 23.2 Å². The normalized spacial score (nSPS) is 23.2. The lowest BCUT2D eigenvalue weighted by Crippen LogP contribution is -2.38. The number of alkyl halides is 8. The molecular formula is C18H11F9N2O2. The summed E-state index contributed by atoms with van der Waals surface area (Å²) in [5, 5.41) is 0. The van der Waals surface area contributed by atoms with Crippen molar-refractivity contribution in [1.29, 1.82) is 0 Å². The van der Waals surface area contributed by atoms with Crippen molar-refractivity contribution in [3.63, 3.8) is 0 Å². The maximum atomic E-state index is 14.5.